The molecule has 0 aromatic heterocycles. The van der Waals surface area contributed by atoms with Crippen molar-refractivity contribution in [1.29, 1.82) is 0 Å². The first-order chi connectivity index (χ1) is 17.3. The molecule has 2 N–H and O–H groups in total. The number of carboxylic acid groups (broad SMARTS) is 2. The topological polar surface area (TPSA) is 74.6 Å². The van der Waals surface area contributed by atoms with Crippen molar-refractivity contribution >= 4 is 11.9 Å². The summed E-state index contributed by atoms with van der Waals surface area (Å²) in [5.74, 6) is 5.93. The minimum absolute atomic E-state index is 0.0761. The number of hydrogen-bond donors (Lipinski definition) is 2. The van der Waals surface area contributed by atoms with Crippen LogP contribution < -0.4 is 0 Å². The molecule has 2 atom stereocenters. The molecular weight excluding hydrogens is 448 g/mol. The van der Waals surface area contributed by atoms with Crippen molar-refractivity contribution in [2.75, 3.05) is 0 Å². The summed E-state index contributed by atoms with van der Waals surface area (Å²) in [6, 6.07) is 25.1. The van der Waals surface area contributed by atoms with E-state index in [1.807, 2.05) is 54.6 Å². The fourth-order valence-corrected chi connectivity index (χ4v) is 7.88. The molecule has 0 amide bonds. The Balaban J connectivity index is 1.47. The van der Waals surface area contributed by atoms with Crippen LogP contribution in [0.1, 0.15) is 75.9 Å². The summed E-state index contributed by atoms with van der Waals surface area (Å²) in [5.41, 5.74) is 3.75. The van der Waals surface area contributed by atoms with Crippen molar-refractivity contribution in [3.8, 4) is 11.8 Å². The van der Waals surface area contributed by atoms with Crippen LogP contribution in [0.2, 0.25) is 0 Å². The number of carbonyl (C=O) groups is 2. The molecule has 7 rings (SSSR count). The van der Waals surface area contributed by atoms with Gasteiger partial charge in [0.2, 0.25) is 0 Å². The van der Waals surface area contributed by atoms with Crippen LogP contribution in [0.4, 0.5) is 0 Å². The van der Waals surface area contributed by atoms with Crippen LogP contribution in [-0.2, 0) is 10.8 Å². The van der Waals surface area contributed by atoms with E-state index in [9.17, 15) is 19.8 Å². The van der Waals surface area contributed by atoms with Gasteiger partial charge in [0, 0.05) is 11.0 Å². The highest BCUT2D eigenvalue weighted by Gasteiger charge is 2.63. The predicted octanol–water partition coefficient (Wildman–Crippen LogP) is 6.29. The van der Waals surface area contributed by atoms with Crippen molar-refractivity contribution in [3.05, 3.63) is 107 Å². The van der Waals surface area contributed by atoms with Crippen LogP contribution in [0.3, 0.4) is 0 Å². The quantitative estimate of drug-likeness (QED) is 0.434. The molecule has 4 nitrogen and oxygen atoms in total. The Morgan fingerprint density at radius 3 is 1.64 bits per heavy atom. The van der Waals surface area contributed by atoms with Crippen molar-refractivity contribution in [2.45, 2.75) is 49.4 Å². The zero-order valence-corrected chi connectivity index (χ0v) is 20.0. The fourth-order valence-electron chi connectivity index (χ4n) is 7.88. The molecule has 4 aliphatic rings. The molecule has 0 heterocycles. The van der Waals surface area contributed by atoms with Gasteiger partial charge in [0.1, 0.15) is 0 Å². The maximum absolute atomic E-state index is 11.5. The van der Waals surface area contributed by atoms with E-state index in [2.05, 4.69) is 11.8 Å². The molecular formula is C32H28O4. The SMILES string of the molecule is O=C(O)c1ccc(C23CC4CC(C#Cc5ccccc5)(C2)CC(c2ccc(C(=O)O)cc2)(C4)C3)cc1. The van der Waals surface area contributed by atoms with E-state index in [1.54, 1.807) is 24.3 Å². The van der Waals surface area contributed by atoms with E-state index in [4.69, 9.17) is 0 Å². The summed E-state index contributed by atoms with van der Waals surface area (Å²) in [7, 11) is 0. The molecule has 2 unspecified atom stereocenters. The van der Waals surface area contributed by atoms with Gasteiger partial charge in [-0.15, -0.1) is 0 Å². The number of aromatic carboxylic acids is 2. The first kappa shape index (κ1) is 22.6. The van der Waals surface area contributed by atoms with E-state index in [0.29, 0.717) is 17.0 Å². The zero-order chi connectivity index (χ0) is 25.0. The molecule has 4 saturated carbocycles. The van der Waals surface area contributed by atoms with Gasteiger partial charge in [-0.2, -0.15) is 0 Å². The summed E-state index contributed by atoms with van der Waals surface area (Å²) in [5, 5.41) is 18.8. The Kier molecular flexibility index (Phi) is 5.09. The van der Waals surface area contributed by atoms with Crippen LogP contribution >= 0.6 is 0 Å². The Labute approximate surface area is 211 Å². The lowest BCUT2D eigenvalue weighted by atomic mass is 9.37. The van der Waals surface area contributed by atoms with E-state index in [-0.39, 0.29) is 16.2 Å². The third kappa shape index (κ3) is 3.71. The van der Waals surface area contributed by atoms with Crippen molar-refractivity contribution < 1.29 is 19.8 Å². The molecule has 4 fully saturated rings. The second-order valence-electron chi connectivity index (χ2n) is 11.2. The monoisotopic (exact) mass is 476 g/mol. The average Bonchev–Trinajstić information content (AvgIpc) is 2.87. The minimum Gasteiger partial charge on any atom is -0.478 e. The van der Waals surface area contributed by atoms with Crippen LogP contribution in [0.25, 0.3) is 0 Å². The lowest BCUT2D eigenvalue weighted by Gasteiger charge is -2.66. The maximum Gasteiger partial charge on any atom is 0.335 e. The van der Waals surface area contributed by atoms with Gasteiger partial charge >= 0.3 is 11.9 Å². The molecule has 4 bridgehead atoms. The Bertz CT molecular complexity index is 1320. The molecule has 4 aliphatic carbocycles. The van der Waals surface area contributed by atoms with E-state index >= 15 is 0 Å². The molecule has 0 aliphatic heterocycles. The smallest absolute Gasteiger partial charge is 0.335 e. The van der Waals surface area contributed by atoms with Crippen LogP contribution in [0.15, 0.2) is 78.9 Å². The lowest BCUT2D eigenvalue weighted by Crippen LogP contribution is -2.60. The molecule has 180 valence electrons. The van der Waals surface area contributed by atoms with Gasteiger partial charge in [0.15, 0.2) is 0 Å². The van der Waals surface area contributed by atoms with Crippen molar-refractivity contribution in [2.24, 2.45) is 11.3 Å². The zero-order valence-electron chi connectivity index (χ0n) is 20.0. The average molecular weight is 477 g/mol. The predicted molar refractivity (Wildman–Crippen MR) is 137 cm³/mol. The van der Waals surface area contributed by atoms with Crippen LogP contribution in [0, 0.1) is 23.2 Å². The molecule has 4 heteroatoms. The third-order valence-corrected chi connectivity index (χ3v) is 8.80. The standard InChI is InChI=1S/C32H28O4/c33-28(34)24-6-10-26(11-7-24)31-17-23-16-30(19-31,15-14-22-4-2-1-3-5-22)20-32(18-23,21-31)27-12-8-25(9-13-27)29(35)36/h1-13,23H,16-21H2,(H,33,34)(H,35,36). The van der Waals surface area contributed by atoms with Gasteiger partial charge in [0.25, 0.3) is 0 Å². The molecule has 3 aromatic rings. The number of benzene rings is 3. The third-order valence-electron chi connectivity index (χ3n) is 8.80. The maximum atomic E-state index is 11.5. The number of rotatable bonds is 4. The van der Waals surface area contributed by atoms with Crippen molar-refractivity contribution in [3.63, 3.8) is 0 Å². The van der Waals surface area contributed by atoms with Gasteiger partial charge < -0.3 is 10.2 Å². The largest absolute Gasteiger partial charge is 0.478 e. The summed E-state index contributed by atoms with van der Waals surface area (Å²) < 4.78 is 0. The van der Waals surface area contributed by atoms with Crippen LogP contribution in [0.5, 0.6) is 0 Å². The first-order valence-electron chi connectivity index (χ1n) is 12.6. The minimum atomic E-state index is -0.910. The van der Waals surface area contributed by atoms with E-state index in [0.717, 1.165) is 44.1 Å². The molecule has 0 saturated heterocycles. The Hall–Kier alpha value is -3.84. The second kappa shape index (κ2) is 8.10. The van der Waals surface area contributed by atoms with Gasteiger partial charge in [0.05, 0.1) is 11.1 Å². The summed E-state index contributed by atoms with van der Waals surface area (Å²) in [4.78, 5) is 23.0. The number of carboxylic acids is 2. The van der Waals surface area contributed by atoms with Gasteiger partial charge in [-0.1, -0.05) is 54.3 Å². The van der Waals surface area contributed by atoms with Gasteiger partial charge in [-0.25, -0.2) is 9.59 Å². The highest BCUT2D eigenvalue weighted by atomic mass is 16.4. The summed E-state index contributed by atoms with van der Waals surface area (Å²) >= 11 is 0. The lowest BCUT2D eigenvalue weighted by molar-refractivity contribution is -0.0610. The molecule has 0 spiro atoms. The normalized spacial score (nSPS) is 29.8. The van der Waals surface area contributed by atoms with Crippen molar-refractivity contribution in [1.82, 2.24) is 0 Å². The Morgan fingerprint density at radius 2 is 1.17 bits per heavy atom. The molecule has 36 heavy (non-hydrogen) atoms. The highest BCUT2D eigenvalue weighted by molar-refractivity contribution is 5.88. The Morgan fingerprint density at radius 1 is 0.667 bits per heavy atom. The molecule has 3 aromatic carbocycles. The summed E-state index contributed by atoms with van der Waals surface area (Å²) in [6.45, 7) is 0. The van der Waals surface area contributed by atoms with Gasteiger partial charge in [-0.05, 0) is 103 Å². The van der Waals surface area contributed by atoms with Gasteiger partial charge in [-0.3, -0.25) is 0 Å². The number of hydrogen-bond acceptors (Lipinski definition) is 2. The van der Waals surface area contributed by atoms with E-state index in [1.165, 1.54) is 11.1 Å². The fraction of sp³-hybridized carbons (Fsp3) is 0.312. The van der Waals surface area contributed by atoms with E-state index < -0.39 is 11.9 Å². The summed E-state index contributed by atoms with van der Waals surface area (Å²) in [6.07, 6.45) is 6.17. The highest BCUT2D eigenvalue weighted by Crippen LogP contribution is 2.70. The second-order valence-corrected chi connectivity index (χ2v) is 11.2. The van der Waals surface area contributed by atoms with Crippen LogP contribution in [-0.4, -0.2) is 22.2 Å². The first-order valence-corrected chi connectivity index (χ1v) is 12.6. The molecule has 0 radical (unpaired) electrons.